The molecule has 2 rings (SSSR count). The maximum absolute atomic E-state index is 11.9. The van der Waals surface area contributed by atoms with E-state index in [0.29, 0.717) is 25.8 Å². The highest BCUT2D eigenvalue weighted by atomic mass is 35.5. The molecule has 7 heteroatoms. The Bertz CT molecular complexity index is 632. The molecule has 0 saturated carbocycles. The van der Waals surface area contributed by atoms with Crippen molar-refractivity contribution >= 4 is 52.2 Å². The maximum Gasteiger partial charge on any atom is 0.350 e. The van der Waals surface area contributed by atoms with Crippen LogP contribution in [-0.2, 0) is 0 Å². The summed E-state index contributed by atoms with van der Waals surface area (Å²) in [5, 5.41) is 13.9. The molecule has 0 unspecified atom stereocenters. The molecule has 104 valence electrons. The van der Waals surface area contributed by atoms with Crippen molar-refractivity contribution in [3.8, 4) is 0 Å². The van der Waals surface area contributed by atoms with Crippen molar-refractivity contribution in [2.24, 2.45) is 0 Å². The molecule has 0 aliphatic carbocycles. The molecule has 2 amide bonds. The largest absolute Gasteiger partial charge is 0.350 e. The van der Waals surface area contributed by atoms with Crippen molar-refractivity contribution in [2.75, 3.05) is 10.4 Å². The third-order valence-corrected chi connectivity index (χ3v) is 3.25. The predicted molar refractivity (Wildman–Crippen MR) is 81.2 cm³/mol. The Kier molecular flexibility index (Phi) is 4.73. The van der Waals surface area contributed by atoms with E-state index < -0.39 is 6.03 Å². The van der Waals surface area contributed by atoms with Gasteiger partial charge in [-0.3, -0.25) is 5.21 Å². The van der Waals surface area contributed by atoms with Crippen LogP contribution in [0.2, 0.25) is 15.1 Å². The Labute approximate surface area is 130 Å². The van der Waals surface area contributed by atoms with Crippen molar-refractivity contribution in [3.05, 3.63) is 57.5 Å². The van der Waals surface area contributed by atoms with Crippen molar-refractivity contribution in [1.29, 1.82) is 0 Å². The number of halogens is 3. The molecule has 0 aliphatic heterocycles. The van der Waals surface area contributed by atoms with Gasteiger partial charge in [-0.05, 0) is 42.5 Å². The van der Waals surface area contributed by atoms with Crippen molar-refractivity contribution < 1.29 is 10.0 Å². The number of hydrogen-bond acceptors (Lipinski definition) is 2. The zero-order valence-electron chi connectivity index (χ0n) is 9.98. The van der Waals surface area contributed by atoms with Gasteiger partial charge >= 0.3 is 6.03 Å². The van der Waals surface area contributed by atoms with Crippen LogP contribution in [0.25, 0.3) is 0 Å². The second kappa shape index (κ2) is 6.33. The van der Waals surface area contributed by atoms with Gasteiger partial charge in [-0.25, -0.2) is 4.79 Å². The molecule has 0 atom stereocenters. The fourth-order valence-corrected chi connectivity index (χ4v) is 1.92. The summed E-state index contributed by atoms with van der Waals surface area (Å²) in [4.78, 5) is 11.9. The van der Waals surface area contributed by atoms with E-state index in [9.17, 15) is 10.0 Å². The second-order valence-electron chi connectivity index (χ2n) is 3.84. The van der Waals surface area contributed by atoms with Gasteiger partial charge in [0.2, 0.25) is 0 Å². The molecule has 0 heterocycles. The summed E-state index contributed by atoms with van der Waals surface area (Å²) in [6.07, 6.45) is 0. The third-order valence-electron chi connectivity index (χ3n) is 2.43. The highest BCUT2D eigenvalue weighted by molar-refractivity contribution is 6.35. The predicted octanol–water partition coefficient (Wildman–Crippen LogP) is 5.07. The average molecular weight is 332 g/mol. The smallest absolute Gasteiger partial charge is 0.304 e. The summed E-state index contributed by atoms with van der Waals surface area (Å²) in [5.41, 5.74) is 0.572. The van der Waals surface area contributed by atoms with E-state index in [4.69, 9.17) is 34.8 Å². The van der Waals surface area contributed by atoms with E-state index in [2.05, 4.69) is 5.32 Å². The van der Waals surface area contributed by atoms with E-state index in [1.807, 2.05) is 0 Å². The molecule has 2 aromatic rings. The first-order chi connectivity index (χ1) is 9.47. The quantitative estimate of drug-likeness (QED) is 0.596. The number of carbonyl (C=O) groups excluding carboxylic acids is 1. The molecule has 0 aliphatic rings. The minimum atomic E-state index is -0.767. The van der Waals surface area contributed by atoms with Gasteiger partial charge in [0.15, 0.2) is 0 Å². The van der Waals surface area contributed by atoms with Gasteiger partial charge in [-0.15, -0.1) is 0 Å². The fourth-order valence-electron chi connectivity index (χ4n) is 1.46. The number of nitrogens with one attached hydrogen (secondary N) is 1. The van der Waals surface area contributed by atoms with Crippen molar-refractivity contribution in [1.82, 2.24) is 0 Å². The zero-order valence-corrected chi connectivity index (χ0v) is 12.2. The average Bonchev–Trinajstić information content (AvgIpc) is 2.43. The Balaban J connectivity index is 2.15. The molecular weight excluding hydrogens is 323 g/mol. The number of anilines is 2. The second-order valence-corrected chi connectivity index (χ2v) is 5.12. The molecule has 0 saturated heterocycles. The molecular formula is C13H9Cl3N2O2. The van der Waals surface area contributed by atoms with E-state index in [-0.39, 0.29) is 5.69 Å². The lowest BCUT2D eigenvalue weighted by Crippen LogP contribution is -2.31. The lowest BCUT2D eigenvalue weighted by atomic mass is 10.3. The topological polar surface area (TPSA) is 52.6 Å². The lowest BCUT2D eigenvalue weighted by Gasteiger charge is -2.16. The van der Waals surface area contributed by atoms with Crippen LogP contribution in [0, 0.1) is 0 Å². The molecule has 2 aromatic carbocycles. The van der Waals surface area contributed by atoms with Crippen molar-refractivity contribution in [2.45, 2.75) is 0 Å². The normalized spacial score (nSPS) is 10.2. The van der Waals surface area contributed by atoms with Crippen molar-refractivity contribution in [3.63, 3.8) is 0 Å². The minimum absolute atomic E-state index is 0.269. The van der Waals surface area contributed by atoms with E-state index >= 15 is 0 Å². The van der Waals surface area contributed by atoms with Crippen LogP contribution < -0.4 is 10.4 Å². The van der Waals surface area contributed by atoms with Crippen LogP contribution in [0.15, 0.2) is 42.5 Å². The van der Waals surface area contributed by atoms with Gasteiger partial charge in [0.05, 0.1) is 16.4 Å². The molecule has 0 spiro atoms. The molecule has 0 aromatic heterocycles. The summed E-state index contributed by atoms with van der Waals surface area (Å²) in [7, 11) is 0. The third kappa shape index (κ3) is 3.55. The number of benzene rings is 2. The standard InChI is InChI=1S/C13H9Cl3N2O2/c14-8-1-4-10(5-2-8)18(20)13(19)17-12-7-9(15)3-6-11(12)16/h1-7,20H,(H,17,19). The monoisotopic (exact) mass is 330 g/mol. The van der Waals surface area contributed by atoms with Crippen LogP contribution in [0.3, 0.4) is 0 Å². The first-order valence-electron chi connectivity index (χ1n) is 5.48. The minimum Gasteiger partial charge on any atom is -0.304 e. The SMILES string of the molecule is O=C(Nc1cc(Cl)ccc1Cl)N(O)c1ccc(Cl)cc1. The Hall–Kier alpha value is -1.46. The van der Waals surface area contributed by atoms with E-state index in [1.54, 1.807) is 24.3 Å². The van der Waals surface area contributed by atoms with Crippen LogP contribution in [0.4, 0.5) is 16.2 Å². The summed E-state index contributed by atoms with van der Waals surface area (Å²) in [5.74, 6) is 0. The highest BCUT2D eigenvalue weighted by Gasteiger charge is 2.14. The highest BCUT2D eigenvalue weighted by Crippen LogP contribution is 2.26. The maximum atomic E-state index is 11.9. The number of carbonyl (C=O) groups is 1. The lowest BCUT2D eigenvalue weighted by molar-refractivity contribution is 0.216. The Morgan fingerprint density at radius 2 is 1.60 bits per heavy atom. The van der Waals surface area contributed by atoms with Gasteiger partial charge in [-0.2, -0.15) is 5.06 Å². The summed E-state index contributed by atoms with van der Waals surface area (Å²) in [6, 6.07) is 9.97. The van der Waals surface area contributed by atoms with Gasteiger partial charge in [0, 0.05) is 10.0 Å². The number of urea groups is 1. The molecule has 0 fully saturated rings. The molecule has 4 nitrogen and oxygen atoms in total. The van der Waals surface area contributed by atoms with Crippen LogP contribution in [0.5, 0.6) is 0 Å². The Morgan fingerprint density at radius 1 is 1.00 bits per heavy atom. The number of rotatable bonds is 2. The summed E-state index contributed by atoms with van der Waals surface area (Å²) >= 11 is 17.5. The zero-order chi connectivity index (χ0) is 14.7. The number of nitrogens with zero attached hydrogens (tertiary/aromatic N) is 1. The number of hydrogen-bond donors (Lipinski definition) is 2. The number of hydroxylamine groups is 1. The summed E-state index contributed by atoms with van der Waals surface area (Å²) < 4.78 is 0. The Morgan fingerprint density at radius 3 is 2.25 bits per heavy atom. The van der Waals surface area contributed by atoms with E-state index in [0.717, 1.165) is 0 Å². The first kappa shape index (κ1) is 14.9. The van der Waals surface area contributed by atoms with Gasteiger partial charge in [0.25, 0.3) is 0 Å². The molecule has 20 heavy (non-hydrogen) atoms. The first-order valence-corrected chi connectivity index (χ1v) is 6.61. The van der Waals surface area contributed by atoms with Crippen LogP contribution in [0.1, 0.15) is 0 Å². The van der Waals surface area contributed by atoms with Gasteiger partial charge in [0.1, 0.15) is 0 Å². The van der Waals surface area contributed by atoms with Gasteiger partial charge < -0.3 is 5.32 Å². The van der Waals surface area contributed by atoms with Crippen LogP contribution in [-0.4, -0.2) is 11.2 Å². The van der Waals surface area contributed by atoms with E-state index in [1.165, 1.54) is 18.2 Å². The number of amides is 2. The van der Waals surface area contributed by atoms with Crippen LogP contribution >= 0.6 is 34.8 Å². The summed E-state index contributed by atoms with van der Waals surface area (Å²) in [6.45, 7) is 0. The molecule has 2 N–H and O–H groups in total. The van der Waals surface area contributed by atoms with Gasteiger partial charge in [-0.1, -0.05) is 34.8 Å². The molecule has 0 bridgehead atoms. The molecule has 0 radical (unpaired) electrons. The fraction of sp³-hybridized carbons (Fsp3) is 0.